The van der Waals surface area contributed by atoms with Gasteiger partial charge in [-0.2, -0.15) is 0 Å². The van der Waals surface area contributed by atoms with Crippen LogP contribution in [0.2, 0.25) is 5.02 Å². The van der Waals surface area contributed by atoms with Gasteiger partial charge in [0.15, 0.2) is 0 Å². The molecule has 2 aromatic carbocycles. The summed E-state index contributed by atoms with van der Waals surface area (Å²) in [6.45, 7) is 2.87. The molecule has 3 rings (SSSR count). The maximum absolute atomic E-state index is 11.8. The third kappa shape index (κ3) is 5.20. The molecule has 0 bridgehead atoms. The van der Waals surface area contributed by atoms with E-state index in [1.165, 1.54) is 0 Å². The van der Waals surface area contributed by atoms with Crippen molar-refractivity contribution in [2.45, 2.75) is 19.6 Å². The van der Waals surface area contributed by atoms with E-state index in [0.717, 1.165) is 23.3 Å². The van der Waals surface area contributed by atoms with Crippen molar-refractivity contribution in [3.8, 4) is 5.75 Å². The fourth-order valence-electron chi connectivity index (χ4n) is 2.90. The Morgan fingerprint density at radius 1 is 1.15 bits per heavy atom. The van der Waals surface area contributed by atoms with Gasteiger partial charge in [0.2, 0.25) is 10.0 Å². The lowest BCUT2D eigenvalue weighted by Crippen LogP contribution is -2.33. The normalized spacial score (nSPS) is 16.7. The van der Waals surface area contributed by atoms with Crippen LogP contribution in [0.3, 0.4) is 0 Å². The maximum atomic E-state index is 11.8. The molecular weight excluding hydrogens is 372 g/mol. The summed E-state index contributed by atoms with van der Waals surface area (Å²) in [4.78, 5) is 0. The van der Waals surface area contributed by atoms with Crippen LogP contribution in [0.25, 0.3) is 0 Å². The lowest BCUT2D eigenvalue weighted by atomic mass is 10.2. The fourth-order valence-corrected chi connectivity index (χ4v) is 4.62. The van der Waals surface area contributed by atoms with Gasteiger partial charge in [-0.3, -0.25) is 0 Å². The second kappa shape index (κ2) is 8.86. The molecule has 1 heterocycles. The number of sulfonamides is 1. The summed E-state index contributed by atoms with van der Waals surface area (Å²) in [7, 11) is -3.01. The van der Waals surface area contributed by atoms with E-state index in [9.17, 15) is 8.42 Å². The molecule has 0 aromatic heterocycles. The minimum absolute atomic E-state index is 0.276. The van der Waals surface area contributed by atoms with Gasteiger partial charge in [-0.25, -0.2) is 12.7 Å². The second-order valence-electron chi connectivity index (χ2n) is 6.27. The van der Waals surface area contributed by atoms with Crippen molar-refractivity contribution in [1.29, 1.82) is 0 Å². The van der Waals surface area contributed by atoms with E-state index in [1.807, 2.05) is 48.5 Å². The van der Waals surface area contributed by atoms with Crippen LogP contribution in [0, 0.1) is 0 Å². The smallest absolute Gasteiger partial charge is 0.214 e. The zero-order valence-corrected chi connectivity index (χ0v) is 16.1. The number of nitrogens with zero attached hydrogens (tertiary/aromatic N) is 1. The highest BCUT2D eigenvalue weighted by atomic mass is 35.5. The highest BCUT2D eigenvalue weighted by Crippen LogP contribution is 2.19. The average molecular weight is 395 g/mol. The highest BCUT2D eigenvalue weighted by Gasteiger charge is 2.27. The van der Waals surface area contributed by atoms with Gasteiger partial charge in [-0.1, -0.05) is 41.9 Å². The molecule has 0 aliphatic carbocycles. The van der Waals surface area contributed by atoms with Gasteiger partial charge in [-0.15, -0.1) is 0 Å². The van der Waals surface area contributed by atoms with Crippen LogP contribution in [-0.2, 0) is 23.2 Å². The Kier molecular flexibility index (Phi) is 6.53. The first-order valence-corrected chi connectivity index (χ1v) is 10.7. The molecule has 1 saturated heterocycles. The Morgan fingerprint density at radius 2 is 2.00 bits per heavy atom. The molecule has 7 heteroatoms. The Hall–Kier alpha value is -1.60. The number of rotatable bonds is 8. The minimum atomic E-state index is -3.01. The fraction of sp³-hybridized carbons (Fsp3) is 0.368. The van der Waals surface area contributed by atoms with Crippen LogP contribution < -0.4 is 10.1 Å². The second-order valence-corrected chi connectivity index (χ2v) is 8.77. The summed E-state index contributed by atoms with van der Waals surface area (Å²) >= 11 is 6.14. The lowest BCUT2D eigenvalue weighted by Gasteiger charge is -2.14. The number of nitrogens with one attached hydrogen (secondary N) is 1. The monoisotopic (exact) mass is 394 g/mol. The molecule has 0 unspecified atom stereocenters. The van der Waals surface area contributed by atoms with E-state index in [1.54, 1.807) is 4.31 Å². The van der Waals surface area contributed by atoms with Crippen molar-refractivity contribution in [3.63, 3.8) is 0 Å². The van der Waals surface area contributed by atoms with E-state index < -0.39 is 10.0 Å². The van der Waals surface area contributed by atoms with Gasteiger partial charge in [-0.05, 0) is 30.2 Å². The van der Waals surface area contributed by atoms with E-state index >= 15 is 0 Å². The Labute approximate surface area is 160 Å². The Morgan fingerprint density at radius 3 is 2.77 bits per heavy atom. The molecule has 1 aliphatic rings. The van der Waals surface area contributed by atoms with E-state index in [0.29, 0.717) is 37.8 Å². The molecule has 1 N–H and O–H groups in total. The van der Waals surface area contributed by atoms with Gasteiger partial charge >= 0.3 is 0 Å². The van der Waals surface area contributed by atoms with Crippen molar-refractivity contribution < 1.29 is 13.2 Å². The van der Waals surface area contributed by atoms with E-state index in [-0.39, 0.29) is 5.75 Å². The summed E-state index contributed by atoms with van der Waals surface area (Å²) in [6.07, 6.45) is 0.729. The van der Waals surface area contributed by atoms with Crippen LogP contribution >= 0.6 is 11.6 Å². The zero-order valence-electron chi connectivity index (χ0n) is 14.5. The number of hydrogen-bond donors (Lipinski definition) is 1. The van der Waals surface area contributed by atoms with Crippen LogP contribution in [0.15, 0.2) is 48.5 Å². The lowest BCUT2D eigenvalue weighted by molar-refractivity contribution is 0.306. The largest absolute Gasteiger partial charge is 0.489 e. The van der Waals surface area contributed by atoms with Crippen LogP contribution in [0.4, 0.5) is 0 Å². The third-order valence-corrected chi connectivity index (χ3v) is 6.65. The van der Waals surface area contributed by atoms with Gasteiger partial charge in [0, 0.05) is 36.8 Å². The summed E-state index contributed by atoms with van der Waals surface area (Å²) in [5.74, 6) is 1.06. The molecule has 26 heavy (non-hydrogen) atoms. The number of ether oxygens (including phenoxy) is 1. The molecule has 140 valence electrons. The Balaban J connectivity index is 1.46. The van der Waals surface area contributed by atoms with Gasteiger partial charge in [0.1, 0.15) is 12.4 Å². The van der Waals surface area contributed by atoms with Crippen molar-refractivity contribution in [2.24, 2.45) is 0 Å². The predicted molar refractivity (Wildman–Crippen MR) is 104 cm³/mol. The summed E-state index contributed by atoms with van der Waals surface area (Å²) in [5, 5.41) is 3.99. The zero-order chi connectivity index (χ0) is 18.4. The molecule has 1 aliphatic heterocycles. The molecule has 0 radical (unpaired) electrons. The standard InChI is InChI=1S/C19H23ClN2O3S/c20-19-8-2-1-6-17(19)15-25-18-7-3-5-16(13-18)14-21-9-11-22-10-4-12-26(22,23)24/h1-3,5-8,13,21H,4,9-12,14-15H2. The highest BCUT2D eigenvalue weighted by molar-refractivity contribution is 7.89. The van der Waals surface area contributed by atoms with Crippen LogP contribution in [0.5, 0.6) is 5.75 Å². The van der Waals surface area contributed by atoms with Crippen molar-refractivity contribution in [3.05, 3.63) is 64.7 Å². The molecule has 5 nitrogen and oxygen atoms in total. The molecular formula is C19H23ClN2O3S. The van der Waals surface area contributed by atoms with Gasteiger partial charge < -0.3 is 10.1 Å². The summed E-state index contributed by atoms with van der Waals surface area (Å²) in [6, 6.07) is 15.5. The van der Waals surface area contributed by atoms with Crippen molar-refractivity contribution in [2.75, 3.05) is 25.4 Å². The van der Waals surface area contributed by atoms with Crippen molar-refractivity contribution in [1.82, 2.24) is 9.62 Å². The average Bonchev–Trinajstić information content (AvgIpc) is 2.97. The van der Waals surface area contributed by atoms with E-state index in [4.69, 9.17) is 16.3 Å². The SMILES string of the molecule is O=S1(=O)CCCN1CCNCc1cccc(OCc2ccccc2Cl)c1. The molecule has 2 aromatic rings. The first-order chi connectivity index (χ1) is 12.5. The molecule has 0 saturated carbocycles. The topological polar surface area (TPSA) is 58.6 Å². The van der Waals surface area contributed by atoms with Crippen molar-refractivity contribution >= 4 is 21.6 Å². The van der Waals surface area contributed by atoms with E-state index in [2.05, 4.69) is 5.32 Å². The number of hydrogen-bond acceptors (Lipinski definition) is 4. The van der Waals surface area contributed by atoms with Crippen LogP contribution in [0.1, 0.15) is 17.5 Å². The van der Waals surface area contributed by atoms with Gasteiger partial charge in [0.05, 0.1) is 5.75 Å². The minimum Gasteiger partial charge on any atom is -0.489 e. The molecule has 0 amide bonds. The molecule has 1 fully saturated rings. The number of halogens is 1. The Bertz CT molecular complexity index is 842. The quantitative estimate of drug-likeness (QED) is 0.699. The number of benzene rings is 2. The third-order valence-electron chi connectivity index (χ3n) is 4.32. The predicted octanol–water partition coefficient (Wildman–Crippen LogP) is 3.04. The summed E-state index contributed by atoms with van der Waals surface area (Å²) < 4.78 is 30.9. The first kappa shape index (κ1) is 19.2. The maximum Gasteiger partial charge on any atom is 0.214 e. The van der Waals surface area contributed by atoms with Gasteiger partial charge in [0.25, 0.3) is 0 Å². The molecule has 0 spiro atoms. The van der Waals surface area contributed by atoms with Crippen LogP contribution in [-0.4, -0.2) is 38.1 Å². The summed E-state index contributed by atoms with van der Waals surface area (Å²) in [5.41, 5.74) is 2.04. The first-order valence-electron chi connectivity index (χ1n) is 8.68. The molecule has 0 atom stereocenters.